The highest BCUT2D eigenvalue weighted by atomic mass is 16.2. The van der Waals surface area contributed by atoms with Gasteiger partial charge in [-0.3, -0.25) is 9.59 Å². The Morgan fingerprint density at radius 3 is 2.15 bits per heavy atom. The number of benzene rings is 2. The summed E-state index contributed by atoms with van der Waals surface area (Å²) in [5.41, 5.74) is 3.14. The number of amides is 2. The van der Waals surface area contributed by atoms with Gasteiger partial charge in [-0.25, -0.2) is 0 Å². The molecule has 136 valence electrons. The van der Waals surface area contributed by atoms with E-state index in [1.54, 1.807) is 24.3 Å². The minimum absolute atomic E-state index is 0.0576. The lowest BCUT2D eigenvalue weighted by atomic mass is 9.86. The average molecular weight is 350 g/mol. The first-order valence-corrected chi connectivity index (χ1v) is 9.07. The van der Waals surface area contributed by atoms with Crippen molar-refractivity contribution in [3.05, 3.63) is 59.7 Å². The molecule has 0 radical (unpaired) electrons. The fourth-order valence-corrected chi connectivity index (χ4v) is 3.07. The van der Waals surface area contributed by atoms with Crippen molar-refractivity contribution in [2.45, 2.75) is 39.5 Å². The number of carbonyl (C=O) groups is 2. The Morgan fingerprint density at radius 2 is 1.58 bits per heavy atom. The Labute approximate surface area is 155 Å². The third-order valence-corrected chi connectivity index (χ3v) is 4.84. The highest BCUT2D eigenvalue weighted by molar-refractivity contribution is 6.05. The molecule has 4 heteroatoms. The van der Waals surface area contributed by atoms with E-state index in [1.807, 2.05) is 24.3 Å². The van der Waals surface area contributed by atoms with Gasteiger partial charge in [-0.15, -0.1) is 0 Å². The SMILES string of the molecule is CC1CC1C(=O)Nc1ccc(C(=O)Nc2ccccc2C(C)(C)C)cc1. The van der Waals surface area contributed by atoms with Crippen LogP contribution < -0.4 is 10.6 Å². The van der Waals surface area contributed by atoms with Crippen molar-refractivity contribution in [2.75, 3.05) is 10.6 Å². The molecule has 1 saturated carbocycles. The molecule has 4 nitrogen and oxygen atoms in total. The second kappa shape index (κ2) is 6.94. The van der Waals surface area contributed by atoms with E-state index in [0.717, 1.165) is 23.4 Å². The van der Waals surface area contributed by atoms with E-state index in [0.29, 0.717) is 11.5 Å². The van der Waals surface area contributed by atoms with E-state index >= 15 is 0 Å². The first-order valence-electron chi connectivity index (χ1n) is 9.07. The van der Waals surface area contributed by atoms with Crippen LogP contribution in [0.1, 0.15) is 50.0 Å². The van der Waals surface area contributed by atoms with Crippen molar-refractivity contribution >= 4 is 23.2 Å². The summed E-state index contributed by atoms with van der Waals surface area (Å²) in [6.07, 6.45) is 0.958. The summed E-state index contributed by atoms with van der Waals surface area (Å²) >= 11 is 0. The van der Waals surface area contributed by atoms with Gasteiger partial charge >= 0.3 is 0 Å². The summed E-state index contributed by atoms with van der Waals surface area (Å²) in [5.74, 6) is 0.513. The van der Waals surface area contributed by atoms with Crippen molar-refractivity contribution < 1.29 is 9.59 Å². The minimum atomic E-state index is -0.157. The van der Waals surface area contributed by atoms with Gasteiger partial charge < -0.3 is 10.6 Å². The van der Waals surface area contributed by atoms with E-state index in [2.05, 4.69) is 38.3 Å². The van der Waals surface area contributed by atoms with Crippen molar-refractivity contribution in [3.8, 4) is 0 Å². The van der Waals surface area contributed by atoms with Crippen LogP contribution in [0.5, 0.6) is 0 Å². The predicted octanol–water partition coefficient (Wildman–Crippen LogP) is 4.83. The zero-order valence-corrected chi connectivity index (χ0v) is 15.8. The number of anilines is 2. The molecule has 0 aromatic heterocycles. The van der Waals surface area contributed by atoms with Crippen LogP contribution in [0.2, 0.25) is 0 Å². The highest BCUT2D eigenvalue weighted by Gasteiger charge is 2.39. The number of nitrogens with one attached hydrogen (secondary N) is 2. The van der Waals surface area contributed by atoms with Gasteiger partial charge in [-0.1, -0.05) is 45.9 Å². The molecule has 2 unspecified atom stereocenters. The third kappa shape index (κ3) is 4.13. The molecule has 26 heavy (non-hydrogen) atoms. The highest BCUT2D eigenvalue weighted by Crippen LogP contribution is 2.38. The molecule has 3 rings (SSSR count). The van der Waals surface area contributed by atoms with Gasteiger partial charge in [0.2, 0.25) is 5.91 Å². The molecular formula is C22H26N2O2. The van der Waals surface area contributed by atoms with Gasteiger partial charge in [-0.2, -0.15) is 0 Å². The molecule has 0 bridgehead atoms. The Hall–Kier alpha value is -2.62. The van der Waals surface area contributed by atoms with Crippen LogP contribution in [0.3, 0.4) is 0 Å². The van der Waals surface area contributed by atoms with E-state index in [4.69, 9.17) is 0 Å². The maximum atomic E-state index is 12.6. The minimum Gasteiger partial charge on any atom is -0.326 e. The van der Waals surface area contributed by atoms with Gasteiger partial charge in [0.05, 0.1) is 0 Å². The van der Waals surface area contributed by atoms with Crippen LogP contribution in [0, 0.1) is 11.8 Å². The topological polar surface area (TPSA) is 58.2 Å². The second-order valence-corrected chi connectivity index (χ2v) is 8.14. The molecule has 2 aromatic carbocycles. The van der Waals surface area contributed by atoms with Gasteiger partial charge in [-0.05, 0) is 53.6 Å². The van der Waals surface area contributed by atoms with Crippen molar-refractivity contribution in [3.63, 3.8) is 0 Å². The molecule has 0 aliphatic heterocycles. The zero-order chi connectivity index (χ0) is 18.9. The lowest BCUT2D eigenvalue weighted by Gasteiger charge is -2.23. The van der Waals surface area contributed by atoms with Crippen LogP contribution in [0.4, 0.5) is 11.4 Å². The molecule has 1 fully saturated rings. The fourth-order valence-electron chi connectivity index (χ4n) is 3.07. The Bertz CT molecular complexity index is 819. The van der Waals surface area contributed by atoms with Gasteiger partial charge in [0.25, 0.3) is 5.91 Å². The smallest absolute Gasteiger partial charge is 0.255 e. The molecule has 1 aliphatic carbocycles. The summed E-state index contributed by atoms with van der Waals surface area (Å²) in [5, 5.41) is 5.91. The lowest BCUT2D eigenvalue weighted by Crippen LogP contribution is -2.19. The standard InChI is InChI=1S/C22H26N2O2/c1-14-13-17(14)21(26)23-16-11-9-15(10-12-16)20(25)24-19-8-6-5-7-18(19)22(2,3)4/h5-12,14,17H,13H2,1-4H3,(H,23,26)(H,24,25). The van der Waals surface area contributed by atoms with Gasteiger partial charge in [0.15, 0.2) is 0 Å². The number of rotatable bonds is 4. The number of hydrogen-bond acceptors (Lipinski definition) is 2. The molecular weight excluding hydrogens is 324 g/mol. The van der Waals surface area contributed by atoms with Crippen LogP contribution in [-0.2, 0) is 10.2 Å². The molecule has 0 saturated heterocycles. The largest absolute Gasteiger partial charge is 0.326 e. The van der Waals surface area contributed by atoms with E-state index in [1.165, 1.54) is 0 Å². The number of carbonyl (C=O) groups excluding carboxylic acids is 2. The van der Waals surface area contributed by atoms with Crippen LogP contribution in [-0.4, -0.2) is 11.8 Å². The lowest BCUT2D eigenvalue weighted by molar-refractivity contribution is -0.117. The molecule has 2 aromatic rings. The molecule has 0 spiro atoms. The second-order valence-electron chi connectivity index (χ2n) is 8.14. The normalized spacial score (nSPS) is 18.9. The number of hydrogen-bond donors (Lipinski definition) is 2. The molecule has 2 atom stereocenters. The van der Waals surface area contributed by atoms with E-state index in [9.17, 15) is 9.59 Å². The summed E-state index contributed by atoms with van der Waals surface area (Å²) < 4.78 is 0. The molecule has 1 aliphatic rings. The summed E-state index contributed by atoms with van der Waals surface area (Å²) in [4.78, 5) is 24.6. The average Bonchev–Trinajstić information content (AvgIpc) is 3.32. The zero-order valence-electron chi connectivity index (χ0n) is 15.8. The van der Waals surface area contributed by atoms with E-state index in [-0.39, 0.29) is 23.1 Å². The summed E-state index contributed by atoms with van der Waals surface area (Å²) in [6.45, 7) is 8.44. The van der Waals surface area contributed by atoms with Crippen molar-refractivity contribution in [1.29, 1.82) is 0 Å². The fraction of sp³-hybridized carbons (Fsp3) is 0.364. The van der Waals surface area contributed by atoms with Crippen LogP contribution in [0.15, 0.2) is 48.5 Å². The monoisotopic (exact) mass is 350 g/mol. The van der Waals surface area contributed by atoms with E-state index < -0.39 is 0 Å². The van der Waals surface area contributed by atoms with Crippen LogP contribution in [0.25, 0.3) is 0 Å². The Morgan fingerprint density at radius 1 is 0.962 bits per heavy atom. The maximum absolute atomic E-state index is 12.6. The Balaban J connectivity index is 1.68. The number of para-hydroxylation sites is 1. The first-order chi connectivity index (χ1) is 12.3. The van der Waals surface area contributed by atoms with Crippen molar-refractivity contribution in [1.82, 2.24) is 0 Å². The molecule has 2 amide bonds. The van der Waals surface area contributed by atoms with Crippen molar-refractivity contribution in [2.24, 2.45) is 11.8 Å². The summed E-state index contributed by atoms with van der Waals surface area (Å²) in [6, 6.07) is 14.9. The van der Waals surface area contributed by atoms with Crippen LogP contribution >= 0.6 is 0 Å². The Kier molecular flexibility index (Phi) is 4.86. The quantitative estimate of drug-likeness (QED) is 0.829. The van der Waals surface area contributed by atoms with Gasteiger partial charge in [0, 0.05) is 22.9 Å². The molecule has 2 N–H and O–H groups in total. The van der Waals surface area contributed by atoms with Gasteiger partial charge in [0.1, 0.15) is 0 Å². The maximum Gasteiger partial charge on any atom is 0.255 e. The summed E-state index contributed by atoms with van der Waals surface area (Å²) in [7, 11) is 0. The third-order valence-electron chi connectivity index (χ3n) is 4.84. The predicted molar refractivity (Wildman–Crippen MR) is 105 cm³/mol. The first kappa shape index (κ1) is 18.2. The molecule has 0 heterocycles.